The van der Waals surface area contributed by atoms with Crippen molar-refractivity contribution in [2.45, 2.75) is 57.3 Å². The van der Waals surface area contributed by atoms with Crippen molar-refractivity contribution < 1.29 is 4.79 Å². The third-order valence-electron chi connectivity index (χ3n) is 3.97. The molecule has 0 N–H and O–H groups in total. The summed E-state index contributed by atoms with van der Waals surface area (Å²) in [5.74, 6) is 1.74. The van der Waals surface area contributed by atoms with E-state index in [0.29, 0.717) is 12.3 Å². The number of ketones is 1. The van der Waals surface area contributed by atoms with E-state index < -0.39 is 0 Å². The van der Waals surface area contributed by atoms with Gasteiger partial charge in [-0.3, -0.25) is 4.79 Å². The summed E-state index contributed by atoms with van der Waals surface area (Å²) in [6, 6.07) is 0. The number of nitrogens with zero attached hydrogens (tertiary/aromatic N) is 2. The summed E-state index contributed by atoms with van der Waals surface area (Å²) in [6.07, 6.45) is 10.7. The standard InChI is InChI=1S/C14H18N2O/c17-13-8-4-7-12-11(13)9-15-14(16-12)10-5-2-1-3-6-10/h9-10H,1-8H2. The summed E-state index contributed by atoms with van der Waals surface area (Å²) in [7, 11) is 0. The van der Waals surface area contributed by atoms with E-state index in [4.69, 9.17) is 0 Å². The Hall–Kier alpha value is -1.25. The molecule has 0 amide bonds. The zero-order valence-corrected chi connectivity index (χ0v) is 10.1. The lowest BCUT2D eigenvalue weighted by Gasteiger charge is -2.22. The molecule has 0 radical (unpaired) electrons. The molecular weight excluding hydrogens is 212 g/mol. The van der Waals surface area contributed by atoms with Crippen molar-refractivity contribution in [1.29, 1.82) is 0 Å². The second-order valence-corrected chi connectivity index (χ2v) is 5.20. The zero-order valence-electron chi connectivity index (χ0n) is 10.1. The summed E-state index contributed by atoms with van der Waals surface area (Å²) >= 11 is 0. The fraction of sp³-hybridized carbons (Fsp3) is 0.643. The first kappa shape index (κ1) is 10.9. The zero-order chi connectivity index (χ0) is 11.7. The Labute approximate surface area is 102 Å². The monoisotopic (exact) mass is 230 g/mol. The second-order valence-electron chi connectivity index (χ2n) is 5.20. The van der Waals surface area contributed by atoms with Crippen molar-refractivity contribution >= 4 is 5.78 Å². The molecule has 1 fully saturated rings. The van der Waals surface area contributed by atoms with E-state index in [9.17, 15) is 4.79 Å². The lowest BCUT2D eigenvalue weighted by atomic mass is 9.88. The highest BCUT2D eigenvalue weighted by molar-refractivity contribution is 5.97. The van der Waals surface area contributed by atoms with Gasteiger partial charge in [0.1, 0.15) is 5.82 Å². The molecule has 0 spiro atoms. The molecule has 1 aromatic heterocycles. The third kappa shape index (κ3) is 2.11. The van der Waals surface area contributed by atoms with E-state index in [1.165, 1.54) is 32.1 Å². The Bertz CT molecular complexity index is 436. The molecule has 0 unspecified atom stereocenters. The average Bonchev–Trinajstić information content (AvgIpc) is 2.40. The van der Waals surface area contributed by atoms with Crippen LogP contribution >= 0.6 is 0 Å². The molecular formula is C14H18N2O. The Morgan fingerprint density at radius 3 is 2.71 bits per heavy atom. The van der Waals surface area contributed by atoms with Gasteiger partial charge in [0.15, 0.2) is 5.78 Å². The van der Waals surface area contributed by atoms with Crippen LogP contribution in [0.1, 0.15) is 72.7 Å². The smallest absolute Gasteiger partial charge is 0.166 e. The van der Waals surface area contributed by atoms with Gasteiger partial charge >= 0.3 is 0 Å². The van der Waals surface area contributed by atoms with Gasteiger partial charge in [0.05, 0.1) is 11.3 Å². The number of aromatic nitrogens is 2. The Balaban J connectivity index is 1.89. The number of hydrogen-bond acceptors (Lipinski definition) is 3. The highest BCUT2D eigenvalue weighted by Crippen LogP contribution is 2.31. The number of aryl methyl sites for hydroxylation is 1. The number of hydrogen-bond donors (Lipinski definition) is 0. The van der Waals surface area contributed by atoms with Crippen LogP contribution in [0.4, 0.5) is 0 Å². The van der Waals surface area contributed by atoms with E-state index in [1.807, 2.05) is 0 Å². The van der Waals surface area contributed by atoms with Gasteiger partial charge in [0, 0.05) is 18.5 Å². The molecule has 1 heterocycles. The van der Waals surface area contributed by atoms with Crippen LogP contribution in [0.15, 0.2) is 6.20 Å². The number of rotatable bonds is 1. The predicted octanol–water partition coefficient (Wildman–Crippen LogP) is 3.04. The molecule has 3 nitrogen and oxygen atoms in total. The van der Waals surface area contributed by atoms with Crippen molar-refractivity contribution in [1.82, 2.24) is 9.97 Å². The first-order valence-corrected chi connectivity index (χ1v) is 6.73. The van der Waals surface area contributed by atoms with Gasteiger partial charge in [-0.15, -0.1) is 0 Å². The van der Waals surface area contributed by atoms with Gasteiger partial charge in [-0.1, -0.05) is 19.3 Å². The van der Waals surface area contributed by atoms with Crippen LogP contribution in [0.2, 0.25) is 0 Å². The van der Waals surface area contributed by atoms with Gasteiger partial charge < -0.3 is 0 Å². The molecule has 3 rings (SSSR count). The highest BCUT2D eigenvalue weighted by atomic mass is 16.1. The molecule has 0 aliphatic heterocycles. The van der Waals surface area contributed by atoms with Crippen LogP contribution in [0.25, 0.3) is 0 Å². The molecule has 17 heavy (non-hydrogen) atoms. The lowest BCUT2D eigenvalue weighted by molar-refractivity contribution is 0.0971. The van der Waals surface area contributed by atoms with Gasteiger partial charge in [0.2, 0.25) is 0 Å². The van der Waals surface area contributed by atoms with Gasteiger partial charge in [-0.25, -0.2) is 9.97 Å². The Kier molecular flexibility index (Phi) is 2.91. The summed E-state index contributed by atoms with van der Waals surface area (Å²) in [5, 5.41) is 0. The number of carbonyl (C=O) groups is 1. The quantitative estimate of drug-likeness (QED) is 0.744. The average molecular weight is 230 g/mol. The SMILES string of the molecule is O=C1CCCc2nc(C3CCCCC3)ncc21. The van der Waals surface area contributed by atoms with Crippen molar-refractivity contribution in [3.8, 4) is 0 Å². The molecule has 0 aromatic carbocycles. The van der Waals surface area contributed by atoms with Crippen LogP contribution in [0.5, 0.6) is 0 Å². The van der Waals surface area contributed by atoms with E-state index in [2.05, 4.69) is 9.97 Å². The normalized spacial score (nSPS) is 21.3. The molecule has 2 aliphatic rings. The maximum absolute atomic E-state index is 11.7. The minimum absolute atomic E-state index is 0.224. The molecule has 1 aromatic rings. The minimum Gasteiger partial charge on any atom is -0.294 e. The number of Topliss-reactive ketones (excluding diaryl/α,β-unsaturated/α-hetero) is 1. The predicted molar refractivity (Wildman–Crippen MR) is 65.1 cm³/mol. The van der Waals surface area contributed by atoms with E-state index >= 15 is 0 Å². The Morgan fingerprint density at radius 1 is 1.06 bits per heavy atom. The van der Waals surface area contributed by atoms with Crippen molar-refractivity contribution in [3.05, 3.63) is 23.3 Å². The summed E-state index contributed by atoms with van der Waals surface area (Å²) < 4.78 is 0. The molecule has 0 saturated heterocycles. The fourth-order valence-electron chi connectivity index (χ4n) is 2.96. The molecule has 2 aliphatic carbocycles. The van der Waals surface area contributed by atoms with Crippen LogP contribution in [0.3, 0.4) is 0 Å². The minimum atomic E-state index is 0.224. The van der Waals surface area contributed by atoms with Gasteiger partial charge in [0.25, 0.3) is 0 Å². The van der Waals surface area contributed by atoms with Crippen LogP contribution in [0, 0.1) is 0 Å². The van der Waals surface area contributed by atoms with Crippen molar-refractivity contribution in [2.24, 2.45) is 0 Å². The van der Waals surface area contributed by atoms with E-state index in [0.717, 1.165) is 29.9 Å². The van der Waals surface area contributed by atoms with Crippen molar-refractivity contribution in [2.75, 3.05) is 0 Å². The maximum atomic E-state index is 11.7. The van der Waals surface area contributed by atoms with Crippen LogP contribution < -0.4 is 0 Å². The highest BCUT2D eigenvalue weighted by Gasteiger charge is 2.23. The maximum Gasteiger partial charge on any atom is 0.166 e. The first-order valence-electron chi connectivity index (χ1n) is 6.73. The summed E-state index contributed by atoms with van der Waals surface area (Å²) in [5.41, 5.74) is 1.77. The van der Waals surface area contributed by atoms with Crippen molar-refractivity contribution in [3.63, 3.8) is 0 Å². The molecule has 0 atom stereocenters. The van der Waals surface area contributed by atoms with Crippen LogP contribution in [-0.4, -0.2) is 15.8 Å². The fourth-order valence-corrected chi connectivity index (χ4v) is 2.96. The largest absolute Gasteiger partial charge is 0.294 e. The number of carbonyl (C=O) groups excluding carboxylic acids is 1. The summed E-state index contributed by atoms with van der Waals surface area (Å²) in [6.45, 7) is 0. The molecule has 90 valence electrons. The molecule has 0 bridgehead atoms. The van der Waals surface area contributed by atoms with Crippen LogP contribution in [-0.2, 0) is 6.42 Å². The first-order chi connectivity index (χ1) is 8.34. The van der Waals surface area contributed by atoms with Gasteiger partial charge in [-0.2, -0.15) is 0 Å². The molecule has 3 heteroatoms. The topological polar surface area (TPSA) is 42.9 Å². The number of fused-ring (bicyclic) bond motifs is 1. The van der Waals surface area contributed by atoms with E-state index in [-0.39, 0.29) is 5.78 Å². The Morgan fingerprint density at radius 2 is 1.88 bits per heavy atom. The van der Waals surface area contributed by atoms with E-state index in [1.54, 1.807) is 6.20 Å². The molecule has 1 saturated carbocycles. The van der Waals surface area contributed by atoms with Gasteiger partial charge in [-0.05, 0) is 25.7 Å². The third-order valence-corrected chi connectivity index (χ3v) is 3.97. The summed E-state index contributed by atoms with van der Waals surface area (Å²) in [4.78, 5) is 20.8. The lowest BCUT2D eigenvalue weighted by Crippen LogP contribution is -2.17. The second kappa shape index (κ2) is 4.55.